The van der Waals surface area contributed by atoms with Crippen LogP contribution in [0.5, 0.6) is 5.75 Å². The quantitative estimate of drug-likeness (QED) is 0.329. The van der Waals surface area contributed by atoms with Crippen molar-refractivity contribution in [2.75, 3.05) is 33.8 Å². The highest BCUT2D eigenvalue weighted by Gasteiger charge is 2.26. The second kappa shape index (κ2) is 12.9. The fraction of sp³-hybridized carbons (Fsp3) is 0.533. The van der Waals surface area contributed by atoms with Crippen LogP contribution in [-0.4, -0.2) is 61.6 Å². The Morgan fingerprint density at radius 2 is 1.89 bits per heavy atom. The van der Waals surface area contributed by atoms with Crippen molar-refractivity contribution in [3.63, 3.8) is 0 Å². The Bertz CT molecular complexity index is 1030. The van der Waals surface area contributed by atoms with E-state index in [0.29, 0.717) is 34.7 Å². The van der Waals surface area contributed by atoms with E-state index in [1.165, 1.54) is 11.1 Å². The first-order valence-corrected chi connectivity index (χ1v) is 13.1. The minimum absolute atomic E-state index is 0.0871. The minimum Gasteiger partial charge on any atom is -0.489 e. The molecule has 36 heavy (non-hydrogen) atoms. The van der Waals surface area contributed by atoms with Crippen LogP contribution in [0, 0.1) is 17.2 Å². The van der Waals surface area contributed by atoms with E-state index < -0.39 is 6.10 Å². The van der Waals surface area contributed by atoms with Gasteiger partial charge in [-0.25, -0.2) is 0 Å². The third-order valence-electron chi connectivity index (χ3n) is 7.11. The largest absolute Gasteiger partial charge is 0.489 e. The molecule has 6 nitrogen and oxygen atoms in total. The molecule has 1 aliphatic rings. The van der Waals surface area contributed by atoms with E-state index in [1.807, 2.05) is 19.9 Å². The van der Waals surface area contributed by atoms with Gasteiger partial charge in [-0.2, -0.15) is 5.26 Å². The molecule has 194 valence electrons. The highest BCUT2D eigenvalue weighted by atomic mass is 16.5. The lowest BCUT2D eigenvalue weighted by Gasteiger charge is -2.32. The molecule has 1 aliphatic carbocycles. The maximum Gasteiger partial charge on any atom is 0.306 e. The van der Waals surface area contributed by atoms with Crippen molar-refractivity contribution in [3.8, 4) is 11.8 Å². The minimum atomic E-state index is -0.651. The molecule has 0 amide bonds. The number of carbonyl (C=O) groups excluding carboxylic acids is 1. The lowest BCUT2D eigenvalue weighted by atomic mass is 10.0. The van der Waals surface area contributed by atoms with Crippen LogP contribution in [0.15, 0.2) is 42.5 Å². The van der Waals surface area contributed by atoms with Crippen molar-refractivity contribution < 1.29 is 23.9 Å². The highest BCUT2D eigenvalue weighted by molar-refractivity contribution is 5.70. The fourth-order valence-electron chi connectivity index (χ4n) is 4.83. The number of rotatable bonds is 13. The fourth-order valence-corrected chi connectivity index (χ4v) is 4.83. The Balaban J connectivity index is 1.47. The van der Waals surface area contributed by atoms with Crippen LogP contribution in [0.25, 0.3) is 0 Å². The predicted octanol–water partition coefficient (Wildman–Crippen LogP) is 4.45. The average Bonchev–Trinajstić information content (AvgIpc) is 3.28. The summed E-state index contributed by atoms with van der Waals surface area (Å²) in [5.74, 6) is 0.878. The zero-order chi connectivity index (χ0) is 26.1. The number of hydrogen-bond donors (Lipinski definition) is 1. The number of quaternary nitrogens is 1. The van der Waals surface area contributed by atoms with Crippen LogP contribution in [0.4, 0.5) is 0 Å². The Kier molecular flexibility index (Phi) is 9.92. The third-order valence-corrected chi connectivity index (χ3v) is 7.11. The van der Waals surface area contributed by atoms with Crippen molar-refractivity contribution in [1.82, 2.24) is 0 Å². The number of aliphatic hydroxyl groups excluding tert-OH is 1. The van der Waals surface area contributed by atoms with Gasteiger partial charge in [0, 0.05) is 12.8 Å². The zero-order valence-electron chi connectivity index (χ0n) is 22.2. The van der Waals surface area contributed by atoms with Crippen molar-refractivity contribution in [2.45, 2.75) is 64.6 Å². The second-order valence-corrected chi connectivity index (χ2v) is 10.8. The summed E-state index contributed by atoms with van der Waals surface area (Å²) in [6.07, 6.45) is 4.24. The van der Waals surface area contributed by atoms with E-state index in [4.69, 9.17) is 9.47 Å². The summed E-state index contributed by atoms with van der Waals surface area (Å²) in [5, 5.41) is 20.2. The van der Waals surface area contributed by atoms with Gasteiger partial charge in [-0.3, -0.25) is 4.79 Å². The molecule has 0 radical (unpaired) electrons. The second-order valence-electron chi connectivity index (χ2n) is 10.8. The van der Waals surface area contributed by atoms with Crippen molar-refractivity contribution in [3.05, 3.63) is 64.7 Å². The van der Waals surface area contributed by atoms with Gasteiger partial charge in [0.05, 0.1) is 32.3 Å². The first-order chi connectivity index (χ1) is 17.2. The number of esters is 1. The number of nitriles is 1. The molecule has 2 aromatic rings. The first kappa shape index (κ1) is 27.7. The Hall–Kier alpha value is -2.88. The van der Waals surface area contributed by atoms with Crippen LogP contribution in [0.2, 0.25) is 0 Å². The Morgan fingerprint density at radius 1 is 1.19 bits per heavy atom. The topological polar surface area (TPSA) is 79.6 Å². The molecular formula is C30H41N2O4+. The molecule has 0 aliphatic heterocycles. The molecule has 1 N–H and O–H groups in total. The van der Waals surface area contributed by atoms with E-state index in [2.05, 4.69) is 44.4 Å². The summed E-state index contributed by atoms with van der Waals surface area (Å²) in [4.78, 5) is 12.0. The predicted molar refractivity (Wildman–Crippen MR) is 141 cm³/mol. The maximum atomic E-state index is 12.0. The van der Waals surface area contributed by atoms with E-state index >= 15 is 0 Å². The number of benzene rings is 2. The number of likely N-dealkylation sites (N-methyl/N-ethyl adjacent to an activating group) is 1. The number of nitrogens with zero attached hydrogens (tertiary/aromatic N) is 2. The lowest BCUT2D eigenvalue weighted by molar-refractivity contribution is -0.894. The lowest BCUT2D eigenvalue weighted by Crippen LogP contribution is -2.48. The third kappa shape index (κ3) is 8.36. The van der Waals surface area contributed by atoms with Gasteiger partial charge >= 0.3 is 5.97 Å². The molecule has 0 saturated carbocycles. The molecule has 3 rings (SSSR count). The van der Waals surface area contributed by atoms with E-state index in [-0.39, 0.29) is 25.1 Å². The summed E-state index contributed by atoms with van der Waals surface area (Å²) in [6.45, 7) is 5.53. The van der Waals surface area contributed by atoms with Gasteiger partial charge in [0.2, 0.25) is 0 Å². The van der Waals surface area contributed by atoms with Crippen molar-refractivity contribution >= 4 is 5.97 Å². The number of aryl methyl sites for hydroxylation is 1. The van der Waals surface area contributed by atoms with Crippen LogP contribution in [-0.2, 0) is 28.8 Å². The molecule has 0 bridgehead atoms. The van der Waals surface area contributed by atoms with E-state index in [9.17, 15) is 15.2 Å². The standard InChI is InChI=1S/C30H41N2O4/c1-5-22(2)36-30(34)13-11-23-10-12-27(19-31)29(18-23)35-21-28(33)20-32(3,4)15-14-24-16-25-8-6-7-9-26(25)17-24/h6-10,12,18,22,24,28,33H,5,11,13-17,20-21H2,1-4H3/q+1/t22?,28-/m1/s1. The van der Waals surface area contributed by atoms with E-state index in [0.717, 1.165) is 37.8 Å². The summed E-state index contributed by atoms with van der Waals surface area (Å²) in [7, 11) is 4.29. The van der Waals surface area contributed by atoms with Crippen LogP contribution in [0.3, 0.4) is 0 Å². The smallest absolute Gasteiger partial charge is 0.306 e. The molecule has 2 atom stereocenters. The molecule has 1 unspecified atom stereocenters. The number of fused-ring (bicyclic) bond motifs is 1. The highest BCUT2D eigenvalue weighted by Crippen LogP contribution is 2.29. The number of carbonyl (C=O) groups is 1. The van der Waals surface area contributed by atoms with Gasteiger partial charge in [-0.15, -0.1) is 0 Å². The average molecular weight is 494 g/mol. The molecule has 0 saturated heterocycles. The SMILES string of the molecule is CCC(C)OC(=O)CCc1ccc(C#N)c(OC[C@H](O)C[N+](C)(C)CCC2Cc3ccccc3C2)c1. The zero-order valence-corrected chi connectivity index (χ0v) is 22.2. The number of ether oxygens (including phenoxy) is 2. The number of aliphatic hydroxyl groups is 1. The number of hydrogen-bond acceptors (Lipinski definition) is 5. The Labute approximate surface area is 216 Å². The maximum absolute atomic E-state index is 12.0. The molecule has 6 heteroatoms. The summed E-state index contributed by atoms with van der Waals surface area (Å²) in [5.41, 5.74) is 4.27. The summed E-state index contributed by atoms with van der Waals surface area (Å²) >= 11 is 0. The van der Waals surface area contributed by atoms with Crippen LogP contribution >= 0.6 is 0 Å². The van der Waals surface area contributed by atoms with Gasteiger partial charge in [0.1, 0.15) is 31.1 Å². The molecule has 0 fully saturated rings. The summed E-state index contributed by atoms with van der Waals surface area (Å²) in [6, 6.07) is 16.2. The first-order valence-electron chi connectivity index (χ1n) is 13.1. The normalized spacial score (nSPS) is 15.1. The van der Waals surface area contributed by atoms with Crippen LogP contribution < -0.4 is 4.74 Å². The molecular weight excluding hydrogens is 452 g/mol. The molecule has 0 heterocycles. The molecule has 2 aromatic carbocycles. The molecule has 0 aromatic heterocycles. The van der Waals surface area contributed by atoms with Gasteiger partial charge in [0.25, 0.3) is 0 Å². The Morgan fingerprint density at radius 3 is 2.53 bits per heavy atom. The molecule has 0 spiro atoms. The van der Waals surface area contributed by atoms with Gasteiger partial charge in [0.15, 0.2) is 0 Å². The van der Waals surface area contributed by atoms with Gasteiger partial charge in [-0.05, 0) is 67.3 Å². The van der Waals surface area contributed by atoms with Gasteiger partial charge < -0.3 is 19.1 Å². The van der Waals surface area contributed by atoms with Crippen molar-refractivity contribution in [1.29, 1.82) is 5.26 Å². The van der Waals surface area contributed by atoms with E-state index in [1.54, 1.807) is 12.1 Å². The summed E-state index contributed by atoms with van der Waals surface area (Å²) < 4.78 is 11.9. The van der Waals surface area contributed by atoms with Crippen molar-refractivity contribution in [2.24, 2.45) is 5.92 Å². The monoisotopic (exact) mass is 493 g/mol. The van der Waals surface area contributed by atoms with Gasteiger partial charge in [-0.1, -0.05) is 37.3 Å². The van der Waals surface area contributed by atoms with Crippen LogP contribution in [0.1, 0.15) is 55.4 Å².